The van der Waals surface area contributed by atoms with Crippen LogP contribution in [0.5, 0.6) is 11.5 Å². The van der Waals surface area contributed by atoms with Crippen LogP contribution in [0.1, 0.15) is 36.4 Å². The third-order valence-electron chi connectivity index (χ3n) is 4.92. The molecule has 4 aromatic rings. The van der Waals surface area contributed by atoms with Crippen molar-refractivity contribution in [1.82, 2.24) is 9.97 Å². The maximum absolute atomic E-state index is 11.7. The van der Waals surface area contributed by atoms with Crippen molar-refractivity contribution in [2.75, 3.05) is 0 Å². The number of phenols is 2. The molecule has 0 saturated heterocycles. The Morgan fingerprint density at radius 3 is 1.26 bits per heavy atom. The quantitative estimate of drug-likeness (QED) is 0.156. The fourth-order valence-corrected chi connectivity index (χ4v) is 2.91. The van der Waals surface area contributed by atoms with Gasteiger partial charge in [-0.3, -0.25) is 9.97 Å². The van der Waals surface area contributed by atoms with E-state index in [4.69, 9.17) is 0 Å². The molecule has 10 nitrogen and oxygen atoms in total. The zero-order chi connectivity index (χ0) is 27.3. The molecule has 0 aliphatic heterocycles. The van der Waals surface area contributed by atoms with E-state index in [1.807, 2.05) is 12.1 Å². The topological polar surface area (TPSA) is 162 Å². The van der Waals surface area contributed by atoms with Gasteiger partial charge in [0.1, 0.15) is 11.5 Å². The maximum atomic E-state index is 11.7. The molecule has 0 amide bonds. The number of hydrogen-bond acceptors (Lipinski definition) is 10. The van der Waals surface area contributed by atoms with Gasteiger partial charge in [0, 0.05) is 35.3 Å². The Morgan fingerprint density at radius 2 is 0.923 bits per heavy atom. The zero-order valence-electron chi connectivity index (χ0n) is 21.3. The van der Waals surface area contributed by atoms with E-state index >= 15 is 0 Å². The Balaban J connectivity index is 0.000000267. The first-order valence-electron chi connectivity index (χ1n) is 11.3. The number of nitrogens with zero attached hydrogens (tertiary/aromatic N) is 6. The van der Waals surface area contributed by atoms with Gasteiger partial charge in [-0.05, 0) is 50.2 Å². The minimum Gasteiger partial charge on any atom is -0.857 e. The van der Waals surface area contributed by atoms with Crippen LogP contribution in [0, 0.1) is 0 Å². The average molecular weight is 574 g/mol. The van der Waals surface area contributed by atoms with Crippen LogP contribution in [-0.2, 0) is 19.5 Å². The van der Waals surface area contributed by atoms with Crippen LogP contribution in [0.25, 0.3) is 0 Å². The molecule has 0 atom stereocenters. The van der Waals surface area contributed by atoms with E-state index in [1.165, 1.54) is 24.3 Å². The number of phenolic OH excluding ortho intramolecular Hbond substituents is 2. The van der Waals surface area contributed by atoms with Crippen LogP contribution in [-0.4, -0.2) is 43.4 Å². The molecular formula is C28H24N6O4Zn. The molecule has 39 heavy (non-hydrogen) atoms. The fourth-order valence-electron chi connectivity index (χ4n) is 2.91. The van der Waals surface area contributed by atoms with Gasteiger partial charge in [0.15, 0.2) is 0 Å². The van der Waals surface area contributed by atoms with E-state index in [-0.39, 0.29) is 42.1 Å². The van der Waals surface area contributed by atoms with Crippen molar-refractivity contribution in [3.8, 4) is 11.5 Å². The monoisotopic (exact) mass is 572 g/mol. The first kappa shape index (κ1) is 30.5. The number of aromatic hydroxyl groups is 2. The largest absolute Gasteiger partial charge is 2.00 e. The van der Waals surface area contributed by atoms with Crippen molar-refractivity contribution in [2.24, 2.45) is 20.4 Å². The predicted molar refractivity (Wildman–Crippen MR) is 142 cm³/mol. The molecule has 2 aromatic carbocycles. The van der Waals surface area contributed by atoms with Gasteiger partial charge in [-0.15, -0.1) is 0 Å². The number of hydrogen-bond donors (Lipinski definition) is 2. The van der Waals surface area contributed by atoms with Crippen LogP contribution < -0.4 is 10.2 Å². The van der Waals surface area contributed by atoms with Gasteiger partial charge in [-0.25, -0.2) is 0 Å². The molecular weight excluding hydrogens is 550 g/mol. The van der Waals surface area contributed by atoms with Crippen LogP contribution in [0.3, 0.4) is 0 Å². The van der Waals surface area contributed by atoms with Crippen LogP contribution in [0.15, 0.2) is 118 Å². The Hall–Kier alpha value is -4.76. The minimum atomic E-state index is -0.589. The summed E-state index contributed by atoms with van der Waals surface area (Å²) in [6.07, 6.45) is 3.28. The molecule has 0 aliphatic rings. The molecule has 0 unspecified atom stereocenters. The summed E-state index contributed by atoms with van der Waals surface area (Å²) in [4.78, 5) is 8.19. The third kappa shape index (κ3) is 9.25. The maximum Gasteiger partial charge on any atom is 2.00 e. The first-order valence-corrected chi connectivity index (χ1v) is 11.3. The number of benzene rings is 2. The molecule has 0 radical (unpaired) electrons. The van der Waals surface area contributed by atoms with Crippen molar-refractivity contribution in [1.29, 1.82) is 0 Å². The van der Waals surface area contributed by atoms with E-state index in [1.54, 1.807) is 74.8 Å². The molecule has 4 rings (SSSR count). The molecule has 0 spiro atoms. The molecule has 11 heteroatoms. The number of para-hydroxylation sites is 2. The zero-order valence-corrected chi connectivity index (χ0v) is 24.3. The first-order chi connectivity index (χ1) is 18.4. The summed E-state index contributed by atoms with van der Waals surface area (Å²) in [5, 5.41) is 57.4. The summed E-state index contributed by atoms with van der Waals surface area (Å²) in [7, 11) is 0. The van der Waals surface area contributed by atoms with Crippen molar-refractivity contribution in [2.45, 2.75) is 13.8 Å². The molecule has 2 heterocycles. The summed E-state index contributed by atoms with van der Waals surface area (Å²) in [5.74, 6) is -1.40. The molecule has 192 valence electrons. The van der Waals surface area contributed by atoms with Crippen molar-refractivity contribution in [3.63, 3.8) is 0 Å². The second-order valence-electron chi connectivity index (χ2n) is 7.65. The fraction of sp³-hybridized carbons (Fsp3) is 0.0714. The van der Waals surface area contributed by atoms with E-state index in [0.717, 1.165) is 0 Å². The van der Waals surface area contributed by atoms with E-state index in [2.05, 4.69) is 30.4 Å². The smallest absolute Gasteiger partial charge is 0.857 e. The minimum absolute atomic E-state index is 0. The Morgan fingerprint density at radius 1 is 0.564 bits per heavy atom. The third-order valence-corrected chi connectivity index (χ3v) is 4.92. The standard InChI is InChI=1S/2C14H13N3O2.Zn/c2*1-10(12-7-4-5-9-15-12)16-17-14(19)11-6-2-3-8-13(11)18;/h2*2-9,18H,1H3,(H,17,19);/q;;+2/p-2/b2*16-10+;. The Bertz CT molecular complexity index is 1360. The van der Waals surface area contributed by atoms with Crippen molar-refractivity contribution < 1.29 is 39.9 Å². The van der Waals surface area contributed by atoms with Gasteiger partial charge >= 0.3 is 19.5 Å². The molecule has 0 aliphatic carbocycles. The number of aromatic nitrogens is 2. The van der Waals surface area contributed by atoms with E-state index < -0.39 is 11.8 Å². The Kier molecular flexibility index (Phi) is 12.1. The SMILES string of the molecule is C/C(=N\N=C(/[O-])c1ccccc1O)c1ccccn1.C/C(=N\N=C(/[O-])c1ccccc1O)c1ccccn1.[Zn+2]. The van der Waals surface area contributed by atoms with Gasteiger partial charge < -0.3 is 20.4 Å². The van der Waals surface area contributed by atoms with Gasteiger partial charge in [0.2, 0.25) is 0 Å². The van der Waals surface area contributed by atoms with Crippen LogP contribution in [0.4, 0.5) is 0 Å². The second-order valence-corrected chi connectivity index (χ2v) is 7.65. The molecule has 0 fully saturated rings. The Labute approximate surface area is 238 Å². The van der Waals surface area contributed by atoms with Crippen molar-refractivity contribution >= 4 is 23.2 Å². The number of rotatable bonds is 6. The normalized spacial score (nSPS) is 12.2. The summed E-state index contributed by atoms with van der Waals surface area (Å²) >= 11 is 0. The molecule has 0 saturated carbocycles. The second kappa shape index (κ2) is 15.5. The van der Waals surface area contributed by atoms with Crippen LogP contribution >= 0.6 is 0 Å². The molecule has 0 bridgehead atoms. The van der Waals surface area contributed by atoms with Gasteiger partial charge in [-0.2, -0.15) is 20.4 Å². The average Bonchev–Trinajstić information content (AvgIpc) is 2.96. The molecule has 2 N–H and O–H groups in total. The van der Waals surface area contributed by atoms with Crippen LogP contribution in [0.2, 0.25) is 0 Å². The van der Waals surface area contributed by atoms with Gasteiger partial charge in [0.05, 0.1) is 22.8 Å². The van der Waals surface area contributed by atoms with E-state index in [0.29, 0.717) is 22.8 Å². The summed E-state index contributed by atoms with van der Waals surface area (Å²) in [6.45, 7) is 3.42. The summed E-state index contributed by atoms with van der Waals surface area (Å²) < 4.78 is 0. The van der Waals surface area contributed by atoms with E-state index in [9.17, 15) is 20.4 Å². The summed E-state index contributed by atoms with van der Waals surface area (Å²) in [5.41, 5.74) is 2.61. The predicted octanol–water partition coefficient (Wildman–Crippen LogP) is 2.63. The van der Waals surface area contributed by atoms with Gasteiger partial charge in [0.25, 0.3) is 0 Å². The molecule has 2 aromatic heterocycles. The van der Waals surface area contributed by atoms with Crippen molar-refractivity contribution in [3.05, 3.63) is 120 Å². The van der Waals surface area contributed by atoms with Gasteiger partial charge in [-0.1, -0.05) is 48.5 Å². The summed E-state index contributed by atoms with van der Waals surface area (Å²) in [6, 6.07) is 23.2. The number of pyridine rings is 2.